The molecule has 2 amide bonds. The number of hydrogen-bond acceptors (Lipinski definition) is 4. The first-order valence-electron chi connectivity index (χ1n) is 6.66. The molecular formula is C16H11FN2O3S. The Morgan fingerprint density at radius 2 is 1.87 bits per heavy atom. The third-order valence-corrected chi connectivity index (χ3v) is 3.72. The smallest absolute Gasteiger partial charge is 0.265 e. The van der Waals surface area contributed by atoms with Crippen LogP contribution in [0.1, 0.15) is 5.76 Å². The van der Waals surface area contributed by atoms with Gasteiger partial charge in [-0.1, -0.05) is 0 Å². The third-order valence-electron chi connectivity index (χ3n) is 3.35. The molecule has 0 radical (unpaired) electrons. The predicted molar refractivity (Wildman–Crippen MR) is 85.6 cm³/mol. The van der Waals surface area contributed by atoms with E-state index in [-0.39, 0.29) is 16.5 Å². The van der Waals surface area contributed by atoms with Gasteiger partial charge < -0.3 is 4.42 Å². The largest absolute Gasteiger partial charge is 0.457 e. The first-order chi connectivity index (χ1) is 11.0. The number of thiocarbonyl (C=S) groups is 1. The number of rotatable bonds is 2. The van der Waals surface area contributed by atoms with Crippen LogP contribution in [0, 0.1) is 5.82 Å². The maximum Gasteiger partial charge on any atom is 0.265 e. The molecule has 1 aromatic heterocycles. The van der Waals surface area contributed by atoms with Gasteiger partial charge in [-0.15, -0.1) is 0 Å². The normalized spacial score (nSPS) is 16.9. The molecule has 0 aliphatic carbocycles. The molecule has 0 atom stereocenters. The highest BCUT2D eigenvalue weighted by Crippen LogP contribution is 2.24. The Labute approximate surface area is 136 Å². The monoisotopic (exact) mass is 330 g/mol. The van der Waals surface area contributed by atoms with Crippen molar-refractivity contribution in [2.24, 2.45) is 0 Å². The second kappa shape index (κ2) is 5.77. The molecule has 5 nitrogen and oxygen atoms in total. The number of furan rings is 1. The van der Waals surface area contributed by atoms with Crippen molar-refractivity contribution in [3.63, 3.8) is 0 Å². The quantitative estimate of drug-likeness (QED) is 0.522. The highest BCUT2D eigenvalue weighted by atomic mass is 32.1. The molecule has 0 bridgehead atoms. The maximum absolute atomic E-state index is 12.9. The van der Waals surface area contributed by atoms with E-state index in [0.717, 1.165) is 0 Å². The summed E-state index contributed by atoms with van der Waals surface area (Å²) in [4.78, 5) is 25.1. The number of nitrogens with one attached hydrogen (secondary N) is 1. The van der Waals surface area contributed by atoms with Gasteiger partial charge in [0.2, 0.25) is 0 Å². The number of likely N-dealkylation sites (N-methyl/N-ethyl adjacent to an activating group) is 1. The Balaban J connectivity index is 1.91. The van der Waals surface area contributed by atoms with E-state index in [1.54, 1.807) is 24.3 Å². The Bertz CT molecular complexity index is 839. The Hall–Kier alpha value is -2.80. The van der Waals surface area contributed by atoms with Crippen LogP contribution in [-0.2, 0) is 9.59 Å². The van der Waals surface area contributed by atoms with E-state index >= 15 is 0 Å². The number of benzene rings is 1. The van der Waals surface area contributed by atoms with Crippen LogP contribution in [0.5, 0.6) is 0 Å². The molecule has 2 heterocycles. The number of carbonyl (C=O) groups is 2. The molecule has 3 rings (SSSR count). The highest BCUT2D eigenvalue weighted by molar-refractivity contribution is 7.80. The first kappa shape index (κ1) is 15.1. The van der Waals surface area contributed by atoms with Crippen LogP contribution in [-0.4, -0.2) is 28.9 Å². The van der Waals surface area contributed by atoms with Crippen LogP contribution >= 0.6 is 12.2 Å². The van der Waals surface area contributed by atoms with Crippen LogP contribution in [0.15, 0.2) is 46.4 Å². The van der Waals surface area contributed by atoms with Crippen LogP contribution in [0.25, 0.3) is 17.4 Å². The molecule has 1 aliphatic rings. The molecule has 1 aromatic carbocycles. The molecule has 1 aliphatic heterocycles. The second-order valence-corrected chi connectivity index (χ2v) is 5.28. The van der Waals surface area contributed by atoms with E-state index in [4.69, 9.17) is 16.6 Å². The summed E-state index contributed by atoms with van der Waals surface area (Å²) in [6, 6.07) is 9.11. The van der Waals surface area contributed by atoms with Gasteiger partial charge in [-0.3, -0.25) is 19.8 Å². The fourth-order valence-corrected chi connectivity index (χ4v) is 2.26. The Morgan fingerprint density at radius 3 is 2.57 bits per heavy atom. The fraction of sp³-hybridized carbons (Fsp3) is 0.0625. The van der Waals surface area contributed by atoms with Crippen molar-refractivity contribution in [3.05, 3.63) is 53.5 Å². The molecule has 1 fully saturated rings. The zero-order valence-electron chi connectivity index (χ0n) is 12.0. The summed E-state index contributed by atoms with van der Waals surface area (Å²) in [5.74, 6) is -0.573. The van der Waals surface area contributed by atoms with Crippen LogP contribution in [0.4, 0.5) is 4.39 Å². The SMILES string of the molecule is CN1C(=O)/C(=C\c2ccc(-c3ccc(F)cc3)o2)C(=O)NC1=S. The molecular weight excluding hydrogens is 319 g/mol. The van der Waals surface area contributed by atoms with Crippen LogP contribution < -0.4 is 5.32 Å². The van der Waals surface area contributed by atoms with E-state index in [0.29, 0.717) is 17.1 Å². The minimum atomic E-state index is -0.571. The van der Waals surface area contributed by atoms with Gasteiger partial charge >= 0.3 is 0 Å². The van der Waals surface area contributed by atoms with Gasteiger partial charge in [-0.2, -0.15) is 0 Å². The van der Waals surface area contributed by atoms with Crippen molar-refractivity contribution in [1.82, 2.24) is 10.2 Å². The van der Waals surface area contributed by atoms with E-state index in [1.807, 2.05) is 0 Å². The van der Waals surface area contributed by atoms with Crippen molar-refractivity contribution in [2.45, 2.75) is 0 Å². The lowest BCUT2D eigenvalue weighted by molar-refractivity contribution is -0.128. The van der Waals surface area contributed by atoms with Crippen molar-refractivity contribution in [2.75, 3.05) is 7.05 Å². The number of amides is 2. The lowest BCUT2D eigenvalue weighted by Crippen LogP contribution is -2.52. The Kier molecular flexibility index (Phi) is 3.79. The fourth-order valence-electron chi connectivity index (χ4n) is 2.09. The summed E-state index contributed by atoms with van der Waals surface area (Å²) < 4.78 is 18.5. The summed E-state index contributed by atoms with van der Waals surface area (Å²) in [5, 5.41) is 2.48. The van der Waals surface area contributed by atoms with Crippen molar-refractivity contribution in [3.8, 4) is 11.3 Å². The van der Waals surface area contributed by atoms with Crippen molar-refractivity contribution in [1.29, 1.82) is 0 Å². The number of hydrogen-bond donors (Lipinski definition) is 1. The molecule has 0 unspecified atom stereocenters. The summed E-state index contributed by atoms with van der Waals surface area (Å²) in [6.07, 6.45) is 1.35. The summed E-state index contributed by atoms with van der Waals surface area (Å²) in [6.45, 7) is 0. The van der Waals surface area contributed by atoms with Gasteiger partial charge in [-0.05, 0) is 54.7 Å². The average Bonchev–Trinajstić information content (AvgIpc) is 2.99. The van der Waals surface area contributed by atoms with E-state index < -0.39 is 11.8 Å². The molecule has 0 saturated carbocycles. The van der Waals surface area contributed by atoms with Crippen LogP contribution in [0.3, 0.4) is 0 Å². The molecule has 116 valence electrons. The first-order valence-corrected chi connectivity index (χ1v) is 7.07. The lowest BCUT2D eigenvalue weighted by atomic mass is 10.1. The summed E-state index contributed by atoms with van der Waals surface area (Å²) in [7, 11) is 1.48. The van der Waals surface area contributed by atoms with Gasteiger partial charge in [0.25, 0.3) is 11.8 Å². The van der Waals surface area contributed by atoms with Gasteiger partial charge in [0.05, 0.1) is 0 Å². The second-order valence-electron chi connectivity index (χ2n) is 4.89. The van der Waals surface area contributed by atoms with Gasteiger partial charge in [-0.25, -0.2) is 4.39 Å². The van der Waals surface area contributed by atoms with Gasteiger partial charge in [0, 0.05) is 12.6 Å². The van der Waals surface area contributed by atoms with E-state index in [1.165, 1.54) is 30.2 Å². The average molecular weight is 330 g/mol. The molecule has 2 aromatic rings. The molecule has 1 saturated heterocycles. The van der Waals surface area contributed by atoms with Crippen molar-refractivity contribution >= 4 is 35.2 Å². The number of nitrogens with zero attached hydrogens (tertiary/aromatic N) is 1. The Morgan fingerprint density at radius 1 is 1.17 bits per heavy atom. The molecule has 0 spiro atoms. The zero-order chi connectivity index (χ0) is 16.6. The van der Waals surface area contributed by atoms with Gasteiger partial charge in [0.1, 0.15) is 22.9 Å². The molecule has 7 heteroatoms. The van der Waals surface area contributed by atoms with E-state index in [2.05, 4.69) is 5.32 Å². The number of carbonyl (C=O) groups excluding carboxylic acids is 2. The highest BCUT2D eigenvalue weighted by Gasteiger charge is 2.31. The third kappa shape index (κ3) is 2.91. The molecule has 1 N–H and O–H groups in total. The number of halogens is 1. The minimum absolute atomic E-state index is 0.0589. The summed E-state index contributed by atoms with van der Waals surface area (Å²) in [5.41, 5.74) is 0.620. The van der Waals surface area contributed by atoms with Crippen LogP contribution in [0.2, 0.25) is 0 Å². The van der Waals surface area contributed by atoms with E-state index in [9.17, 15) is 14.0 Å². The maximum atomic E-state index is 12.9. The predicted octanol–water partition coefficient (Wildman–Crippen LogP) is 2.34. The standard InChI is InChI=1S/C16H11FN2O3S/c1-19-15(21)12(14(20)18-16(19)23)8-11-6-7-13(22-11)9-2-4-10(17)5-3-9/h2-8H,1H3,(H,18,20,23)/b12-8-. The lowest BCUT2D eigenvalue weighted by Gasteiger charge is -2.24. The summed E-state index contributed by atoms with van der Waals surface area (Å²) >= 11 is 4.87. The molecule has 23 heavy (non-hydrogen) atoms. The van der Waals surface area contributed by atoms with Crippen molar-refractivity contribution < 1.29 is 18.4 Å². The zero-order valence-corrected chi connectivity index (χ0v) is 12.8. The topological polar surface area (TPSA) is 62.6 Å². The minimum Gasteiger partial charge on any atom is -0.457 e. The van der Waals surface area contributed by atoms with Gasteiger partial charge in [0.15, 0.2) is 5.11 Å².